The van der Waals surface area contributed by atoms with Crippen LogP contribution in [-0.2, 0) is 0 Å². The van der Waals surface area contributed by atoms with Crippen LogP contribution in [-0.4, -0.2) is 12.7 Å². The Bertz CT molecular complexity index is 528. The second-order valence-electron chi connectivity index (χ2n) is 6.29. The van der Waals surface area contributed by atoms with Crippen LogP contribution >= 0.6 is 0 Å². The van der Waals surface area contributed by atoms with Gasteiger partial charge in [0.05, 0.1) is 7.11 Å². The van der Waals surface area contributed by atoms with E-state index in [1.165, 1.54) is 24.0 Å². The highest BCUT2D eigenvalue weighted by molar-refractivity contribution is 5.47. The monoisotopic (exact) mass is 258 g/mol. The normalized spacial score (nSPS) is 27.7. The number of methoxy groups -OCH3 is 1. The average Bonchev–Trinajstić information content (AvgIpc) is 2.37. The molecule has 3 rings (SSSR count). The molecule has 1 heterocycles. The molecule has 0 spiro atoms. The molecule has 1 aromatic rings. The summed E-state index contributed by atoms with van der Waals surface area (Å²) in [6, 6.07) is 6.16. The smallest absolute Gasteiger partial charge is 0.124 e. The van der Waals surface area contributed by atoms with Gasteiger partial charge in [0.2, 0.25) is 0 Å². The van der Waals surface area contributed by atoms with Crippen molar-refractivity contribution in [1.82, 2.24) is 0 Å². The van der Waals surface area contributed by atoms with Crippen molar-refractivity contribution in [2.24, 2.45) is 5.92 Å². The van der Waals surface area contributed by atoms with Gasteiger partial charge in [-0.2, -0.15) is 0 Å². The summed E-state index contributed by atoms with van der Waals surface area (Å²) in [4.78, 5) is 0. The largest absolute Gasteiger partial charge is 0.497 e. The maximum atomic E-state index is 6.24. The molecule has 0 N–H and O–H groups in total. The van der Waals surface area contributed by atoms with Crippen molar-refractivity contribution < 1.29 is 9.47 Å². The van der Waals surface area contributed by atoms with E-state index in [1.54, 1.807) is 7.11 Å². The Morgan fingerprint density at radius 2 is 2.11 bits per heavy atom. The van der Waals surface area contributed by atoms with E-state index < -0.39 is 0 Å². The summed E-state index contributed by atoms with van der Waals surface area (Å²) in [6.07, 6.45) is 4.82. The zero-order valence-corrected chi connectivity index (χ0v) is 12.2. The minimum absolute atomic E-state index is 0.0938. The van der Waals surface area contributed by atoms with Crippen LogP contribution in [0.4, 0.5) is 0 Å². The summed E-state index contributed by atoms with van der Waals surface area (Å²) in [5.41, 5.74) is 2.68. The molecule has 0 saturated carbocycles. The van der Waals surface area contributed by atoms with Crippen molar-refractivity contribution in [3.05, 3.63) is 35.4 Å². The molecule has 0 saturated heterocycles. The van der Waals surface area contributed by atoms with E-state index in [1.807, 2.05) is 12.1 Å². The Hall–Kier alpha value is -1.44. The Morgan fingerprint density at radius 1 is 1.32 bits per heavy atom. The van der Waals surface area contributed by atoms with Crippen LogP contribution in [0.5, 0.6) is 11.5 Å². The van der Waals surface area contributed by atoms with Gasteiger partial charge in [-0.3, -0.25) is 0 Å². The number of allylic oxidation sites excluding steroid dienone is 2. The van der Waals surface area contributed by atoms with Crippen LogP contribution in [0.15, 0.2) is 29.8 Å². The summed E-state index contributed by atoms with van der Waals surface area (Å²) in [5.74, 6) is 2.94. The molecule has 2 unspecified atom stereocenters. The Balaban J connectivity index is 2.13. The van der Waals surface area contributed by atoms with Gasteiger partial charge >= 0.3 is 0 Å². The fraction of sp³-hybridized carbons (Fsp3) is 0.529. The summed E-state index contributed by atoms with van der Waals surface area (Å²) in [5, 5.41) is 0. The van der Waals surface area contributed by atoms with Crippen molar-refractivity contribution in [2.75, 3.05) is 7.11 Å². The van der Waals surface area contributed by atoms with E-state index >= 15 is 0 Å². The first-order valence-electron chi connectivity index (χ1n) is 7.05. The van der Waals surface area contributed by atoms with Crippen molar-refractivity contribution in [3.63, 3.8) is 0 Å². The zero-order chi connectivity index (χ0) is 13.6. The number of hydrogen-bond acceptors (Lipinski definition) is 2. The van der Waals surface area contributed by atoms with E-state index in [4.69, 9.17) is 9.47 Å². The fourth-order valence-electron chi connectivity index (χ4n) is 3.52. The number of fused-ring (bicyclic) bond motifs is 3. The highest BCUT2D eigenvalue weighted by Crippen LogP contribution is 2.51. The van der Waals surface area contributed by atoms with Gasteiger partial charge in [0.15, 0.2) is 0 Å². The number of ether oxygens (including phenoxy) is 2. The van der Waals surface area contributed by atoms with Gasteiger partial charge in [0.1, 0.15) is 17.1 Å². The van der Waals surface area contributed by atoms with E-state index in [-0.39, 0.29) is 5.60 Å². The third kappa shape index (κ3) is 2.03. The zero-order valence-electron chi connectivity index (χ0n) is 12.2. The lowest BCUT2D eigenvalue weighted by molar-refractivity contribution is 0.0115. The third-order valence-electron chi connectivity index (χ3n) is 4.59. The minimum Gasteiger partial charge on any atom is -0.497 e. The number of rotatable bonds is 1. The van der Waals surface area contributed by atoms with E-state index in [2.05, 4.69) is 32.9 Å². The van der Waals surface area contributed by atoms with Gasteiger partial charge in [-0.05, 0) is 51.8 Å². The second kappa shape index (κ2) is 4.29. The molecule has 0 bridgehead atoms. The molecule has 0 amide bonds. The van der Waals surface area contributed by atoms with Gasteiger partial charge in [-0.15, -0.1) is 0 Å². The first kappa shape index (κ1) is 12.6. The van der Waals surface area contributed by atoms with Crippen LogP contribution < -0.4 is 9.47 Å². The van der Waals surface area contributed by atoms with Gasteiger partial charge in [0, 0.05) is 17.4 Å². The minimum atomic E-state index is -0.0938. The average molecular weight is 258 g/mol. The van der Waals surface area contributed by atoms with Crippen LogP contribution in [0.25, 0.3) is 0 Å². The van der Waals surface area contributed by atoms with Gasteiger partial charge in [-0.1, -0.05) is 11.6 Å². The van der Waals surface area contributed by atoms with Crippen LogP contribution in [0.1, 0.15) is 45.1 Å². The second-order valence-corrected chi connectivity index (χ2v) is 6.29. The van der Waals surface area contributed by atoms with Crippen LogP contribution in [0.3, 0.4) is 0 Å². The molecule has 2 nitrogen and oxygen atoms in total. The first-order chi connectivity index (χ1) is 9.01. The number of benzene rings is 1. The van der Waals surface area contributed by atoms with E-state index in [0.717, 1.165) is 11.5 Å². The molecule has 19 heavy (non-hydrogen) atoms. The summed E-state index contributed by atoms with van der Waals surface area (Å²) in [7, 11) is 1.72. The van der Waals surface area contributed by atoms with Crippen LogP contribution in [0.2, 0.25) is 0 Å². The van der Waals surface area contributed by atoms with Crippen molar-refractivity contribution in [1.29, 1.82) is 0 Å². The predicted octanol–water partition coefficient (Wildman–Crippen LogP) is 4.31. The standard InChI is InChI=1S/C17H22O2/c1-11-5-7-15-13(9-11)14-10-12(18-4)6-8-16(14)19-17(15,2)3/h6,8-10,13,15H,5,7H2,1-4H3. The Morgan fingerprint density at radius 3 is 2.84 bits per heavy atom. The third-order valence-corrected chi connectivity index (χ3v) is 4.59. The molecule has 102 valence electrons. The molecule has 0 fully saturated rings. The van der Waals surface area contributed by atoms with E-state index in [0.29, 0.717) is 11.8 Å². The Labute approximate surface area is 115 Å². The quantitative estimate of drug-likeness (QED) is 0.699. The molecule has 2 atom stereocenters. The maximum Gasteiger partial charge on any atom is 0.124 e. The molecule has 2 aliphatic rings. The molecule has 0 aromatic heterocycles. The summed E-state index contributed by atoms with van der Waals surface area (Å²) >= 11 is 0. The number of hydrogen-bond donors (Lipinski definition) is 0. The maximum absolute atomic E-state index is 6.24. The summed E-state index contributed by atoms with van der Waals surface area (Å²) in [6.45, 7) is 6.66. The molecule has 2 heteroatoms. The highest BCUT2D eigenvalue weighted by Gasteiger charge is 2.43. The molecule has 1 aliphatic heterocycles. The molecule has 0 radical (unpaired) electrons. The van der Waals surface area contributed by atoms with Crippen molar-refractivity contribution >= 4 is 0 Å². The van der Waals surface area contributed by atoms with E-state index in [9.17, 15) is 0 Å². The van der Waals surface area contributed by atoms with Gasteiger partial charge < -0.3 is 9.47 Å². The lowest BCUT2D eigenvalue weighted by Crippen LogP contribution is -2.45. The first-order valence-corrected chi connectivity index (χ1v) is 7.05. The molecular formula is C17H22O2. The SMILES string of the molecule is COc1ccc2c(c1)C1C=C(C)CCC1C(C)(C)O2. The fourth-order valence-corrected chi connectivity index (χ4v) is 3.52. The highest BCUT2D eigenvalue weighted by atomic mass is 16.5. The lowest BCUT2D eigenvalue weighted by Gasteiger charge is -2.46. The topological polar surface area (TPSA) is 18.5 Å². The molecule has 1 aliphatic carbocycles. The van der Waals surface area contributed by atoms with Crippen molar-refractivity contribution in [2.45, 2.75) is 45.1 Å². The predicted molar refractivity (Wildman–Crippen MR) is 76.9 cm³/mol. The molecule has 1 aromatic carbocycles. The lowest BCUT2D eigenvalue weighted by atomic mass is 9.68. The van der Waals surface area contributed by atoms with Gasteiger partial charge in [0.25, 0.3) is 0 Å². The van der Waals surface area contributed by atoms with Gasteiger partial charge in [-0.25, -0.2) is 0 Å². The summed E-state index contributed by atoms with van der Waals surface area (Å²) < 4.78 is 11.6. The Kier molecular flexibility index (Phi) is 2.84. The van der Waals surface area contributed by atoms with Crippen molar-refractivity contribution in [3.8, 4) is 11.5 Å². The molecular weight excluding hydrogens is 236 g/mol. The van der Waals surface area contributed by atoms with Crippen LogP contribution in [0, 0.1) is 5.92 Å².